The van der Waals surface area contributed by atoms with Crippen LogP contribution in [0.4, 0.5) is 10.1 Å². The summed E-state index contributed by atoms with van der Waals surface area (Å²) in [4.78, 5) is 30.1. The van der Waals surface area contributed by atoms with Gasteiger partial charge in [0.2, 0.25) is 0 Å². The monoisotopic (exact) mass is 522 g/mol. The highest BCUT2D eigenvalue weighted by Crippen LogP contribution is 2.41. The number of benzene rings is 3. The lowest BCUT2D eigenvalue weighted by molar-refractivity contribution is -0.140. The van der Waals surface area contributed by atoms with E-state index in [4.69, 9.17) is 16.3 Å². The first-order chi connectivity index (χ1) is 17.8. The number of amides is 1. The third-order valence-corrected chi connectivity index (χ3v) is 6.86. The molecule has 1 aliphatic rings. The molecule has 3 aromatic carbocycles. The Morgan fingerprint density at radius 2 is 1.68 bits per heavy atom. The second-order valence-electron chi connectivity index (χ2n) is 8.67. The number of carbonyl (C=O) groups excluding carboxylic acids is 2. The van der Waals surface area contributed by atoms with E-state index in [0.717, 1.165) is 18.8 Å². The van der Waals surface area contributed by atoms with Crippen LogP contribution in [0.25, 0.3) is 5.76 Å². The molecular weight excluding hydrogens is 495 g/mol. The van der Waals surface area contributed by atoms with Crippen molar-refractivity contribution in [2.24, 2.45) is 0 Å². The van der Waals surface area contributed by atoms with Gasteiger partial charge in [0.15, 0.2) is 0 Å². The molecule has 0 radical (unpaired) electrons. The minimum atomic E-state index is -0.850. The second-order valence-corrected chi connectivity index (χ2v) is 9.07. The van der Waals surface area contributed by atoms with Gasteiger partial charge in [-0.05, 0) is 67.4 Å². The van der Waals surface area contributed by atoms with Gasteiger partial charge in [-0.25, -0.2) is 4.39 Å². The topological polar surface area (TPSA) is 70.1 Å². The molecule has 4 rings (SSSR count). The van der Waals surface area contributed by atoms with Gasteiger partial charge in [-0.15, -0.1) is 0 Å². The number of rotatable bonds is 8. The first kappa shape index (κ1) is 26.2. The Labute approximate surface area is 220 Å². The minimum Gasteiger partial charge on any atom is -0.507 e. The number of aliphatic hydroxyl groups excluding tert-OH is 1. The maximum absolute atomic E-state index is 13.5. The van der Waals surface area contributed by atoms with E-state index < -0.39 is 23.5 Å². The quantitative estimate of drug-likeness (QED) is 0.225. The summed E-state index contributed by atoms with van der Waals surface area (Å²) in [5.41, 5.74) is 2.57. The van der Waals surface area contributed by atoms with Crippen LogP contribution in [0.2, 0.25) is 5.02 Å². The van der Waals surface area contributed by atoms with Gasteiger partial charge in [-0.1, -0.05) is 35.9 Å². The fourth-order valence-corrected chi connectivity index (χ4v) is 4.86. The molecule has 0 bridgehead atoms. The van der Waals surface area contributed by atoms with Crippen molar-refractivity contribution in [2.75, 3.05) is 25.1 Å². The first-order valence-corrected chi connectivity index (χ1v) is 12.4. The molecule has 0 saturated carbocycles. The van der Waals surface area contributed by atoms with Crippen LogP contribution in [-0.2, 0) is 16.1 Å². The summed E-state index contributed by atoms with van der Waals surface area (Å²) in [5.74, 6) is -1.86. The Bertz CT molecular complexity index is 1340. The van der Waals surface area contributed by atoms with E-state index in [2.05, 4.69) is 18.7 Å². The van der Waals surface area contributed by atoms with Gasteiger partial charge in [-0.3, -0.25) is 9.59 Å². The Hall–Kier alpha value is -3.84. The molecule has 1 amide bonds. The number of carbonyl (C=O) groups is 2. The van der Waals surface area contributed by atoms with Crippen LogP contribution in [0.15, 0.2) is 72.3 Å². The van der Waals surface area contributed by atoms with E-state index in [1.54, 1.807) is 24.3 Å². The molecule has 0 aliphatic carbocycles. The fourth-order valence-electron chi connectivity index (χ4n) is 4.60. The first-order valence-electron chi connectivity index (χ1n) is 12.0. The molecule has 1 N–H and O–H groups in total. The predicted molar refractivity (Wildman–Crippen MR) is 142 cm³/mol. The van der Waals surface area contributed by atoms with Crippen LogP contribution in [0.3, 0.4) is 0 Å². The summed E-state index contributed by atoms with van der Waals surface area (Å²) in [5, 5.41) is 11.5. The van der Waals surface area contributed by atoms with Gasteiger partial charge in [-0.2, -0.15) is 0 Å². The Morgan fingerprint density at radius 3 is 2.24 bits per heavy atom. The number of hydrogen-bond acceptors (Lipinski definition) is 5. The van der Waals surface area contributed by atoms with Gasteiger partial charge in [0, 0.05) is 30.9 Å². The number of ketones is 1. The number of halogens is 2. The highest BCUT2D eigenvalue weighted by molar-refractivity contribution is 6.46. The molecular formula is C29H28ClFN2O4. The van der Waals surface area contributed by atoms with E-state index in [9.17, 15) is 19.1 Å². The third-order valence-electron chi connectivity index (χ3n) is 6.57. The van der Waals surface area contributed by atoms with Crippen LogP contribution in [-0.4, -0.2) is 41.9 Å². The van der Waals surface area contributed by atoms with Gasteiger partial charge in [0.25, 0.3) is 11.7 Å². The summed E-state index contributed by atoms with van der Waals surface area (Å²) < 4.78 is 18.7. The Balaban J connectivity index is 1.84. The molecule has 192 valence electrons. The molecule has 1 aliphatic heterocycles. The largest absolute Gasteiger partial charge is 0.507 e. The van der Waals surface area contributed by atoms with Crippen molar-refractivity contribution in [1.82, 2.24) is 4.90 Å². The molecule has 1 heterocycles. The van der Waals surface area contributed by atoms with Gasteiger partial charge >= 0.3 is 0 Å². The van der Waals surface area contributed by atoms with Crippen LogP contribution in [0.5, 0.6) is 5.75 Å². The van der Waals surface area contributed by atoms with E-state index in [1.165, 1.54) is 30.2 Å². The van der Waals surface area contributed by atoms with Gasteiger partial charge < -0.3 is 19.6 Å². The molecule has 3 aromatic rings. The summed E-state index contributed by atoms with van der Waals surface area (Å²) in [6.07, 6.45) is 0. The highest BCUT2D eigenvalue weighted by Gasteiger charge is 2.46. The molecule has 1 saturated heterocycles. The molecule has 0 spiro atoms. The third kappa shape index (κ3) is 5.18. The average molecular weight is 523 g/mol. The summed E-state index contributed by atoms with van der Waals surface area (Å²) in [6.45, 7) is 5.85. The van der Waals surface area contributed by atoms with Crippen molar-refractivity contribution in [1.29, 1.82) is 0 Å². The normalized spacial score (nSPS) is 16.8. The number of hydrogen-bond donors (Lipinski definition) is 1. The zero-order chi connectivity index (χ0) is 26.7. The van der Waals surface area contributed by atoms with Crippen molar-refractivity contribution >= 4 is 34.7 Å². The summed E-state index contributed by atoms with van der Waals surface area (Å²) in [6, 6.07) is 17.1. The SMILES string of the molecule is CCN(CC)c1ccc(C2/C(=C(/O)c3ccc(OC)c(Cl)c3)C(=O)C(=O)N2Cc2ccc(F)cc2)cc1. The molecule has 0 aromatic heterocycles. The van der Waals surface area contributed by atoms with Crippen molar-refractivity contribution in [3.05, 3.63) is 99.8 Å². The standard InChI is InChI=1S/C29H28ClFN2O4/c1-4-32(5-2)22-13-8-19(9-14-22)26-25(27(34)20-10-15-24(37-3)23(30)16-20)28(35)29(36)33(26)17-18-6-11-21(31)12-7-18/h6-16,26,34H,4-5,17H2,1-3H3/b27-25-. The fraction of sp³-hybridized carbons (Fsp3) is 0.241. The molecule has 1 atom stereocenters. The van der Waals surface area contributed by atoms with Crippen LogP contribution >= 0.6 is 11.6 Å². The summed E-state index contributed by atoms with van der Waals surface area (Å²) in [7, 11) is 1.48. The molecule has 8 heteroatoms. The number of anilines is 1. The van der Waals surface area contributed by atoms with Crippen LogP contribution in [0.1, 0.15) is 36.6 Å². The average Bonchev–Trinajstić information content (AvgIpc) is 3.15. The van der Waals surface area contributed by atoms with Crippen LogP contribution < -0.4 is 9.64 Å². The lowest BCUT2D eigenvalue weighted by atomic mass is 9.95. The van der Waals surface area contributed by atoms with E-state index in [0.29, 0.717) is 16.9 Å². The number of ether oxygens (including phenoxy) is 1. The lowest BCUT2D eigenvalue weighted by Gasteiger charge is -2.27. The van der Waals surface area contributed by atoms with Crippen molar-refractivity contribution in [2.45, 2.75) is 26.4 Å². The van der Waals surface area contributed by atoms with Crippen molar-refractivity contribution in [3.8, 4) is 5.75 Å². The predicted octanol–water partition coefficient (Wildman–Crippen LogP) is 5.96. The minimum absolute atomic E-state index is 0.0380. The molecule has 6 nitrogen and oxygen atoms in total. The second kappa shape index (κ2) is 11.0. The molecule has 37 heavy (non-hydrogen) atoms. The number of methoxy groups -OCH3 is 1. The van der Waals surface area contributed by atoms with E-state index in [1.807, 2.05) is 24.3 Å². The maximum Gasteiger partial charge on any atom is 0.295 e. The van der Waals surface area contributed by atoms with Gasteiger partial charge in [0.05, 0.1) is 23.7 Å². The van der Waals surface area contributed by atoms with Crippen LogP contribution in [0, 0.1) is 5.82 Å². The molecule has 1 fully saturated rings. The number of likely N-dealkylation sites (tertiary alicyclic amines) is 1. The zero-order valence-corrected chi connectivity index (χ0v) is 21.6. The Morgan fingerprint density at radius 1 is 1.03 bits per heavy atom. The van der Waals surface area contributed by atoms with E-state index >= 15 is 0 Å². The highest BCUT2D eigenvalue weighted by atomic mass is 35.5. The van der Waals surface area contributed by atoms with Crippen molar-refractivity contribution < 1.29 is 23.8 Å². The van der Waals surface area contributed by atoms with E-state index in [-0.39, 0.29) is 28.5 Å². The number of aliphatic hydroxyl groups is 1. The zero-order valence-electron chi connectivity index (χ0n) is 20.9. The number of nitrogens with zero attached hydrogens (tertiary/aromatic N) is 2. The Kier molecular flexibility index (Phi) is 7.83. The van der Waals surface area contributed by atoms with Gasteiger partial charge in [0.1, 0.15) is 17.3 Å². The number of Topliss-reactive ketones (excluding diaryl/α,β-unsaturated/α-hetero) is 1. The maximum atomic E-state index is 13.5. The molecule has 1 unspecified atom stereocenters. The summed E-state index contributed by atoms with van der Waals surface area (Å²) >= 11 is 6.27. The van der Waals surface area contributed by atoms with Crippen molar-refractivity contribution in [3.63, 3.8) is 0 Å². The smallest absolute Gasteiger partial charge is 0.295 e. The lowest BCUT2D eigenvalue weighted by Crippen LogP contribution is -2.29.